The summed E-state index contributed by atoms with van der Waals surface area (Å²) >= 11 is 0. The number of primary amides is 1. The van der Waals surface area contributed by atoms with E-state index < -0.39 is 66.2 Å². The number of carboxylic acids is 2. The van der Waals surface area contributed by atoms with E-state index in [4.69, 9.17) is 22.9 Å². The molecule has 0 aliphatic rings. The maximum Gasteiger partial charge on any atom is 0.326 e. The van der Waals surface area contributed by atoms with Gasteiger partial charge in [0.05, 0.1) is 6.04 Å². The van der Waals surface area contributed by atoms with Crippen LogP contribution >= 0.6 is 0 Å². The number of H-pyrrole nitrogens is 1. The van der Waals surface area contributed by atoms with Crippen LogP contribution in [-0.2, 0) is 35.2 Å². The zero-order valence-electron chi connectivity index (χ0n) is 24.0. The zero-order valence-corrected chi connectivity index (χ0v) is 24.0. The molecule has 0 spiro atoms. The van der Waals surface area contributed by atoms with Crippen molar-refractivity contribution in [3.63, 3.8) is 0 Å². The molecule has 2 rings (SSSR count). The number of hydrogen-bond acceptors (Lipinski definition) is 8. The topological polar surface area (TPSA) is 311 Å². The molecule has 44 heavy (non-hydrogen) atoms. The van der Waals surface area contributed by atoms with E-state index >= 15 is 0 Å². The molecule has 0 fully saturated rings. The van der Waals surface area contributed by atoms with Crippen LogP contribution in [0.15, 0.2) is 35.5 Å². The van der Waals surface area contributed by atoms with Gasteiger partial charge in [0, 0.05) is 42.9 Å². The Labute approximate surface area is 252 Å². The van der Waals surface area contributed by atoms with Crippen molar-refractivity contribution in [2.45, 2.75) is 69.1 Å². The predicted molar refractivity (Wildman–Crippen MR) is 159 cm³/mol. The van der Waals surface area contributed by atoms with Gasteiger partial charge in [-0.3, -0.25) is 29.0 Å². The Morgan fingerprint density at radius 3 is 2.05 bits per heavy atom. The van der Waals surface area contributed by atoms with Gasteiger partial charge >= 0.3 is 11.9 Å². The average Bonchev–Trinajstić information content (AvgIpc) is 3.37. The molecule has 14 N–H and O–H groups in total. The molecule has 0 aliphatic heterocycles. The fourth-order valence-electron chi connectivity index (χ4n) is 4.28. The van der Waals surface area contributed by atoms with E-state index in [1.165, 1.54) is 0 Å². The molecule has 1 heterocycles. The summed E-state index contributed by atoms with van der Waals surface area (Å²) in [5.41, 5.74) is 23.0. The van der Waals surface area contributed by atoms with Crippen molar-refractivity contribution < 1.29 is 39.0 Å². The monoisotopic (exact) mass is 617 g/mol. The number of aromatic amines is 1. The SMILES string of the molecule is NC(=O)CCC(N)C(=O)NC(CCCN=C(N)N)C(=O)NC(CCC(=O)O)C(=O)NC(Cc1c[nH]c2ccccc12)C(=O)O. The Balaban J connectivity index is 2.21. The van der Waals surface area contributed by atoms with E-state index in [0.29, 0.717) is 5.56 Å². The van der Waals surface area contributed by atoms with Gasteiger partial charge in [0.25, 0.3) is 0 Å². The molecule has 4 amide bonds. The van der Waals surface area contributed by atoms with Crippen LogP contribution in [0.4, 0.5) is 0 Å². The number of nitrogens with zero attached hydrogens (tertiary/aromatic N) is 1. The van der Waals surface area contributed by atoms with Crippen LogP contribution in [0, 0.1) is 0 Å². The molecule has 4 atom stereocenters. The molecule has 17 nitrogen and oxygen atoms in total. The fraction of sp³-hybridized carbons (Fsp3) is 0.444. The minimum Gasteiger partial charge on any atom is -0.481 e. The standard InChI is InChI=1S/C27H39N9O8/c28-16(7-9-21(29)37)23(40)34-18(6-3-11-32-27(30)31)24(41)35-19(8-10-22(38)39)25(42)36-20(26(43)44)12-14-13-33-17-5-2-1-4-15(14)17/h1-2,4-5,13,16,18-20,33H,3,6-12,28H2,(H2,29,37)(H,34,40)(H,35,41)(H,36,42)(H,38,39)(H,43,44)(H4,30,31,32). The van der Waals surface area contributed by atoms with Gasteiger partial charge < -0.3 is 54.1 Å². The highest BCUT2D eigenvalue weighted by molar-refractivity contribution is 5.94. The number of carboxylic acid groups (broad SMARTS) is 2. The van der Waals surface area contributed by atoms with E-state index in [1.807, 2.05) is 6.07 Å². The maximum atomic E-state index is 13.3. The molecule has 4 unspecified atom stereocenters. The lowest BCUT2D eigenvalue weighted by Gasteiger charge is -2.25. The summed E-state index contributed by atoms with van der Waals surface area (Å²) in [6.07, 6.45) is 0.568. The van der Waals surface area contributed by atoms with Crippen LogP contribution < -0.4 is 38.9 Å². The first-order valence-electron chi connectivity index (χ1n) is 13.8. The number of carbonyl (C=O) groups excluding carboxylic acids is 4. The highest BCUT2D eigenvalue weighted by atomic mass is 16.4. The second-order valence-electron chi connectivity index (χ2n) is 10.1. The van der Waals surface area contributed by atoms with Gasteiger partial charge in [0.15, 0.2) is 5.96 Å². The van der Waals surface area contributed by atoms with Gasteiger partial charge in [-0.2, -0.15) is 0 Å². The van der Waals surface area contributed by atoms with Crippen LogP contribution in [0.1, 0.15) is 44.1 Å². The van der Waals surface area contributed by atoms with Crippen LogP contribution in [0.25, 0.3) is 10.9 Å². The second kappa shape index (κ2) is 17.1. The summed E-state index contributed by atoms with van der Waals surface area (Å²) in [7, 11) is 0. The van der Waals surface area contributed by atoms with Crippen molar-refractivity contribution in [1.29, 1.82) is 0 Å². The largest absolute Gasteiger partial charge is 0.481 e. The number of fused-ring (bicyclic) bond motifs is 1. The molecule has 240 valence electrons. The van der Waals surface area contributed by atoms with E-state index in [0.717, 1.165) is 10.9 Å². The summed E-state index contributed by atoms with van der Waals surface area (Å²) in [6, 6.07) is 1.86. The van der Waals surface area contributed by atoms with Gasteiger partial charge in [0.1, 0.15) is 18.1 Å². The molecule has 1 aromatic carbocycles. The molecular weight excluding hydrogens is 578 g/mol. The van der Waals surface area contributed by atoms with Crippen molar-refractivity contribution in [3.05, 3.63) is 36.0 Å². The number of rotatable bonds is 19. The Hall–Kier alpha value is -5.19. The van der Waals surface area contributed by atoms with Crippen LogP contribution in [0.5, 0.6) is 0 Å². The first kappa shape index (κ1) is 35.0. The van der Waals surface area contributed by atoms with Gasteiger partial charge in [0.2, 0.25) is 23.6 Å². The third-order valence-electron chi connectivity index (χ3n) is 6.61. The molecule has 17 heteroatoms. The van der Waals surface area contributed by atoms with Gasteiger partial charge in [-0.25, -0.2) is 4.79 Å². The molecule has 2 aromatic rings. The van der Waals surface area contributed by atoms with E-state index in [9.17, 15) is 39.0 Å². The molecule has 0 radical (unpaired) electrons. The van der Waals surface area contributed by atoms with E-state index in [-0.39, 0.29) is 51.0 Å². The maximum absolute atomic E-state index is 13.3. The Kier molecular flexibility index (Phi) is 13.6. The molecule has 0 saturated carbocycles. The van der Waals surface area contributed by atoms with Crippen molar-refractivity contribution in [3.8, 4) is 0 Å². The molecule has 0 bridgehead atoms. The Bertz CT molecular complexity index is 1370. The summed E-state index contributed by atoms with van der Waals surface area (Å²) < 4.78 is 0. The third-order valence-corrected chi connectivity index (χ3v) is 6.61. The number of nitrogens with one attached hydrogen (secondary N) is 4. The number of aromatic nitrogens is 1. The van der Waals surface area contributed by atoms with Crippen molar-refractivity contribution in [2.75, 3.05) is 6.54 Å². The van der Waals surface area contributed by atoms with Crippen molar-refractivity contribution in [2.24, 2.45) is 27.9 Å². The van der Waals surface area contributed by atoms with Crippen LogP contribution in [0.2, 0.25) is 0 Å². The normalized spacial score (nSPS) is 13.6. The molecule has 0 saturated heterocycles. The van der Waals surface area contributed by atoms with Crippen LogP contribution in [0.3, 0.4) is 0 Å². The predicted octanol–water partition coefficient (Wildman–Crippen LogP) is -2.24. The lowest BCUT2D eigenvalue weighted by molar-refractivity contribution is -0.143. The minimum atomic E-state index is -1.47. The first-order valence-corrected chi connectivity index (χ1v) is 13.8. The highest BCUT2D eigenvalue weighted by Crippen LogP contribution is 2.19. The van der Waals surface area contributed by atoms with E-state index in [1.54, 1.807) is 24.4 Å². The number of carbonyl (C=O) groups is 6. The number of aliphatic imine (C=N–C) groups is 1. The van der Waals surface area contributed by atoms with Gasteiger partial charge in [-0.1, -0.05) is 18.2 Å². The van der Waals surface area contributed by atoms with Gasteiger partial charge in [-0.15, -0.1) is 0 Å². The molecule has 0 aliphatic carbocycles. The quantitative estimate of drug-likeness (QED) is 0.0456. The number of guanidine groups is 1. The molecular formula is C27H39N9O8. The zero-order chi connectivity index (χ0) is 32.8. The number of para-hydroxylation sites is 1. The summed E-state index contributed by atoms with van der Waals surface area (Å²) in [5.74, 6) is -6.03. The van der Waals surface area contributed by atoms with Crippen LogP contribution in [-0.4, -0.2) is 87.4 Å². The van der Waals surface area contributed by atoms with E-state index in [2.05, 4.69) is 25.9 Å². The minimum absolute atomic E-state index is 0.0114. The smallest absolute Gasteiger partial charge is 0.326 e. The number of nitrogens with two attached hydrogens (primary N) is 4. The summed E-state index contributed by atoms with van der Waals surface area (Å²) in [4.78, 5) is 80.5. The fourth-order valence-corrected chi connectivity index (χ4v) is 4.28. The Morgan fingerprint density at radius 1 is 0.818 bits per heavy atom. The average molecular weight is 618 g/mol. The number of amides is 4. The molecule has 1 aromatic heterocycles. The van der Waals surface area contributed by atoms with Crippen molar-refractivity contribution in [1.82, 2.24) is 20.9 Å². The highest BCUT2D eigenvalue weighted by Gasteiger charge is 2.31. The lowest BCUT2D eigenvalue weighted by Crippen LogP contribution is -2.57. The lowest BCUT2D eigenvalue weighted by atomic mass is 10.0. The number of aliphatic carboxylic acids is 2. The Morgan fingerprint density at radius 2 is 1.43 bits per heavy atom. The first-order chi connectivity index (χ1) is 20.8. The number of benzene rings is 1. The summed E-state index contributed by atoms with van der Waals surface area (Å²) in [5, 5.41) is 27.1. The number of hydrogen-bond donors (Lipinski definition) is 10. The van der Waals surface area contributed by atoms with Crippen molar-refractivity contribution >= 4 is 52.4 Å². The second-order valence-corrected chi connectivity index (χ2v) is 10.1. The van der Waals surface area contributed by atoms with Gasteiger partial charge in [-0.05, 0) is 37.3 Å². The third kappa shape index (κ3) is 11.6. The summed E-state index contributed by atoms with van der Waals surface area (Å²) in [6.45, 7) is 0.104.